The Morgan fingerprint density at radius 2 is 2.18 bits per heavy atom. The van der Waals surface area contributed by atoms with E-state index in [0.29, 0.717) is 0 Å². The molecule has 1 N–H and O–H groups in total. The van der Waals surface area contributed by atoms with Crippen molar-refractivity contribution in [2.45, 2.75) is 46.1 Å². The van der Waals surface area contributed by atoms with Crippen molar-refractivity contribution in [3.63, 3.8) is 0 Å². The normalized spacial score (nSPS) is 20.8. The summed E-state index contributed by atoms with van der Waals surface area (Å²) >= 11 is 0. The molecule has 5 nitrogen and oxygen atoms in total. The Labute approximate surface area is 132 Å². The van der Waals surface area contributed by atoms with Gasteiger partial charge in [0.2, 0.25) is 0 Å². The fourth-order valence-electron chi connectivity index (χ4n) is 3.62. The lowest BCUT2D eigenvalue weighted by Crippen LogP contribution is -2.40. The van der Waals surface area contributed by atoms with Gasteiger partial charge in [0.05, 0.1) is 17.0 Å². The van der Waals surface area contributed by atoms with Gasteiger partial charge >= 0.3 is 0 Å². The highest BCUT2D eigenvalue weighted by Crippen LogP contribution is 2.37. The van der Waals surface area contributed by atoms with Crippen LogP contribution in [0.4, 0.5) is 0 Å². The molecule has 1 fully saturated rings. The van der Waals surface area contributed by atoms with Crippen LogP contribution in [0.5, 0.6) is 0 Å². The topological polar surface area (TPSA) is 56.1 Å². The molecule has 1 amide bonds. The van der Waals surface area contributed by atoms with Gasteiger partial charge in [0.1, 0.15) is 0 Å². The maximum atomic E-state index is 12.6. The standard InChI is InChI=1S/C17H26N3O2/c1-4-13-15-14(20(19-13)10-12(2)3)9-17(11-18-16(15)21)5-7-22-8-6-17/h12H,2,4-11H2,1,3H3,(H,18,21)/t12-/m0/s1. The van der Waals surface area contributed by atoms with Crippen LogP contribution in [0, 0.1) is 18.3 Å². The summed E-state index contributed by atoms with van der Waals surface area (Å²) in [4.78, 5) is 12.6. The van der Waals surface area contributed by atoms with Crippen molar-refractivity contribution in [1.82, 2.24) is 15.1 Å². The summed E-state index contributed by atoms with van der Waals surface area (Å²) in [5.41, 5.74) is 2.94. The first-order valence-corrected chi connectivity index (χ1v) is 8.32. The van der Waals surface area contributed by atoms with E-state index in [1.54, 1.807) is 0 Å². The number of carbonyl (C=O) groups excluding carboxylic acids is 1. The van der Waals surface area contributed by atoms with Crippen molar-refractivity contribution >= 4 is 5.91 Å². The average molecular weight is 304 g/mol. The van der Waals surface area contributed by atoms with Gasteiger partial charge in [0.25, 0.3) is 5.91 Å². The van der Waals surface area contributed by atoms with Crippen LogP contribution in [0.15, 0.2) is 0 Å². The van der Waals surface area contributed by atoms with Crippen LogP contribution in [0.25, 0.3) is 0 Å². The minimum absolute atomic E-state index is 0.0400. The highest BCUT2D eigenvalue weighted by Gasteiger charge is 2.39. The smallest absolute Gasteiger partial charge is 0.255 e. The second-order valence-corrected chi connectivity index (χ2v) is 6.88. The summed E-state index contributed by atoms with van der Waals surface area (Å²) in [5, 5.41) is 7.84. The third-order valence-corrected chi connectivity index (χ3v) is 4.90. The molecule has 1 atom stereocenters. The highest BCUT2D eigenvalue weighted by atomic mass is 16.5. The molecule has 3 heterocycles. The molecule has 1 aromatic rings. The van der Waals surface area contributed by atoms with Crippen LogP contribution < -0.4 is 5.32 Å². The summed E-state index contributed by atoms with van der Waals surface area (Å²) in [7, 11) is 0. The minimum atomic E-state index is 0.0400. The predicted octanol–water partition coefficient (Wildman–Crippen LogP) is 2.00. The second kappa shape index (κ2) is 6.03. The fraction of sp³-hybridized carbons (Fsp3) is 0.706. The number of ether oxygens (including phenoxy) is 1. The van der Waals surface area contributed by atoms with Gasteiger partial charge in [0.15, 0.2) is 0 Å². The first-order chi connectivity index (χ1) is 10.5. The monoisotopic (exact) mass is 304 g/mol. The van der Waals surface area contributed by atoms with Crippen molar-refractivity contribution in [1.29, 1.82) is 0 Å². The number of aryl methyl sites for hydroxylation is 1. The van der Waals surface area contributed by atoms with Gasteiger partial charge < -0.3 is 10.1 Å². The number of aromatic nitrogens is 2. The number of fused-ring (bicyclic) bond motifs is 1. The van der Waals surface area contributed by atoms with Gasteiger partial charge in [-0.2, -0.15) is 5.10 Å². The quantitative estimate of drug-likeness (QED) is 0.929. The van der Waals surface area contributed by atoms with Crippen LogP contribution in [0.3, 0.4) is 0 Å². The molecule has 2 aliphatic heterocycles. The SMILES string of the molecule is [CH2][C@@H](C)Cn1nc(CC)c2c1CC1(CCOCC1)CNC2=O. The Balaban J connectivity index is 2.03. The Bertz CT molecular complexity index is 556. The van der Waals surface area contributed by atoms with E-state index < -0.39 is 0 Å². The second-order valence-electron chi connectivity index (χ2n) is 6.88. The van der Waals surface area contributed by atoms with Crippen LogP contribution in [0.2, 0.25) is 0 Å². The molecule has 2 aliphatic rings. The summed E-state index contributed by atoms with van der Waals surface area (Å²) in [5.74, 6) is 0.309. The average Bonchev–Trinajstić information content (AvgIpc) is 2.75. The van der Waals surface area contributed by atoms with Crippen molar-refractivity contribution in [3.05, 3.63) is 23.9 Å². The number of hydrogen-bond acceptors (Lipinski definition) is 3. The molecular formula is C17H26N3O2. The Kier molecular flexibility index (Phi) is 4.26. The summed E-state index contributed by atoms with van der Waals surface area (Å²) < 4.78 is 7.56. The molecule has 1 saturated heterocycles. The molecule has 1 aromatic heterocycles. The minimum Gasteiger partial charge on any atom is -0.381 e. The maximum absolute atomic E-state index is 12.6. The summed E-state index contributed by atoms with van der Waals surface area (Å²) in [6.07, 6.45) is 3.69. The van der Waals surface area contributed by atoms with E-state index >= 15 is 0 Å². The van der Waals surface area contributed by atoms with Crippen LogP contribution in [0.1, 0.15) is 48.4 Å². The first kappa shape index (κ1) is 15.5. The molecule has 1 spiro atoms. The zero-order valence-electron chi connectivity index (χ0n) is 13.7. The van der Waals surface area contributed by atoms with Crippen molar-refractivity contribution in [3.8, 4) is 0 Å². The van der Waals surface area contributed by atoms with Gasteiger partial charge in [-0.15, -0.1) is 0 Å². The summed E-state index contributed by atoms with van der Waals surface area (Å²) in [6, 6.07) is 0. The molecule has 121 valence electrons. The third kappa shape index (κ3) is 2.78. The van der Waals surface area contributed by atoms with Gasteiger partial charge in [-0.25, -0.2) is 0 Å². The number of rotatable bonds is 3. The van der Waals surface area contributed by atoms with E-state index in [4.69, 9.17) is 9.84 Å². The molecule has 0 aliphatic carbocycles. The first-order valence-electron chi connectivity index (χ1n) is 8.32. The molecule has 1 radical (unpaired) electrons. The lowest BCUT2D eigenvalue weighted by Gasteiger charge is -2.36. The molecule has 3 rings (SSSR count). The lowest BCUT2D eigenvalue weighted by molar-refractivity contribution is 0.0152. The van der Waals surface area contributed by atoms with E-state index in [1.165, 1.54) is 0 Å². The van der Waals surface area contributed by atoms with Gasteiger partial charge in [0, 0.05) is 26.3 Å². The van der Waals surface area contributed by atoms with Crippen LogP contribution in [-0.2, 0) is 24.1 Å². The number of carbonyl (C=O) groups is 1. The number of hydrogen-bond donors (Lipinski definition) is 1. The number of nitrogens with zero attached hydrogens (tertiary/aromatic N) is 2. The molecule has 0 bridgehead atoms. The molecule has 0 aromatic carbocycles. The largest absolute Gasteiger partial charge is 0.381 e. The Hall–Kier alpha value is -1.36. The van der Waals surface area contributed by atoms with E-state index in [1.807, 2.05) is 4.68 Å². The van der Waals surface area contributed by atoms with Gasteiger partial charge in [-0.1, -0.05) is 13.8 Å². The third-order valence-electron chi connectivity index (χ3n) is 4.90. The van der Waals surface area contributed by atoms with Crippen LogP contribution >= 0.6 is 0 Å². The lowest BCUT2D eigenvalue weighted by atomic mass is 9.76. The summed E-state index contributed by atoms with van der Waals surface area (Å²) in [6.45, 7) is 11.3. The van der Waals surface area contributed by atoms with Gasteiger partial charge in [-0.05, 0) is 43.9 Å². The number of amides is 1. The van der Waals surface area contributed by atoms with E-state index in [9.17, 15) is 4.79 Å². The molecule has 22 heavy (non-hydrogen) atoms. The fourth-order valence-corrected chi connectivity index (χ4v) is 3.62. The Morgan fingerprint density at radius 3 is 2.82 bits per heavy atom. The molecule has 5 heteroatoms. The van der Waals surface area contributed by atoms with E-state index in [-0.39, 0.29) is 17.2 Å². The predicted molar refractivity (Wildman–Crippen MR) is 84.6 cm³/mol. The Morgan fingerprint density at radius 1 is 1.45 bits per heavy atom. The van der Waals surface area contributed by atoms with Crippen LogP contribution in [-0.4, -0.2) is 35.4 Å². The van der Waals surface area contributed by atoms with Crippen molar-refractivity contribution in [2.24, 2.45) is 11.3 Å². The molecular weight excluding hydrogens is 278 g/mol. The van der Waals surface area contributed by atoms with Crippen molar-refractivity contribution in [2.75, 3.05) is 19.8 Å². The van der Waals surface area contributed by atoms with E-state index in [2.05, 4.69) is 26.1 Å². The zero-order valence-corrected chi connectivity index (χ0v) is 13.7. The molecule has 0 unspecified atom stereocenters. The van der Waals surface area contributed by atoms with Gasteiger partial charge in [-0.3, -0.25) is 9.48 Å². The number of nitrogens with one attached hydrogen (secondary N) is 1. The maximum Gasteiger partial charge on any atom is 0.255 e. The van der Waals surface area contributed by atoms with E-state index in [0.717, 1.165) is 68.9 Å². The molecule has 0 saturated carbocycles. The van der Waals surface area contributed by atoms with Crippen molar-refractivity contribution < 1.29 is 9.53 Å². The zero-order chi connectivity index (χ0) is 15.7. The highest BCUT2D eigenvalue weighted by molar-refractivity contribution is 5.97.